The number of morpholine rings is 1. The molecule has 0 aliphatic carbocycles. The third-order valence-electron chi connectivity index (χ3n) is 5.03. The van der Waals surface area contributed by atoms with Gasteiger partial charge >= 0.3 is 0 Å². The Balaban J connectivity index is 1.82. The maximum atomic E-state index is 13.4. The van der Waals surface area contributed by atoms with Gasteiger partial charge in [-0.2, -0.15) is 5.10 Å². The van der Waals surface area contributed by atoms with Crippen LogP contribution in [-0.2, 0) is 9.53 Å². The minimum absolute atomic E-state index is 0.0941. The number of fused-ring (bicyclic) bond motifs is 1. The first-order valence-electron chi connectivity index (χ1n) is 9.59. The van der Waals surface area contributed by atoms with Gasteiger partial charge in [-0.3, -0.25) is 9.59 Å². The Labute approximate surface area is 168 Å². The zero-order valence-electron chi connectivity index (χ0n) is 16.4. The van der Waals surface area contributed by atoms with Gasteiger partial charge in [0.1, 0.15) is 0 Å². The maximum Gasteiger partial charge on any atom is 0.254 e. The summed E-state index contributed by atoms with van der Waals surface area (Å²) in [7, 11) is 0. The van der Waals surface area contributed by atoms with Crippen LogP contribution in [0.15, 0.2) is 42.6 Å². The molecule has 2 amide bonds. The van der Waals surface area contributed by atoms with E-state index in [4.69, 9.17) is 15.5 Å². The number of pyridine rings is 1. The Bertz CT molecular complexity index is 1060. The molecule has 0 saturated carbocycles. The monoisotopic (exact) mass is 393 g/mol. The summed E-state index contributed by atoms with van der Waals surface area (Å²) in [5.74, 6) is -0.757. The summed E-state index contributed by atoms with van der Waals surface area (Å²) in [6, 6.07) is 11.6. The molecule has 1 aromatic carbocycles. The van der Waals surface area contributed by atoms with Crippen LogP contribution in [-0.4, -0.2) is 57.3 Å². The van der Waals surface area contributed by atoms with E-state index in [0.29, 0.717) is 28.8 Å². The molecule has 1 atom stereocenters. The first kappa shape index (κ1) is 19.1. The predicted molar refractivity (Wildman–Crippen MR) is 108 cm³/mol. The quantitative estimate of drug-likeness (QED) is 0.730. The van der Waals surface area contributed by atoms with Crippen molar-refractivity contribution in [3.63, 3.8) is 0 Å². The van der Waals surface area contributed by atoms with Crippen molar-refractivity contribution in [2.75, 3.05) is 19.7 Å². The Morgan fingerprint density at radius 2 is 2.00 bits per heavy atom. The Morgan fingerprint density at radius 1 is 1.24 bits per heavy atom. The molecule has 0 unspecified atom stereocenters. The van der Waals surface area contributed by atoms with E-state index < -0.39 is 12.0 Å². The largest absolute Gasteiger partial charge is 0.367 e. The van der Waals surface area contributed by atoms with E-state index in [0.717, 1.165) is 5.56 Å². The first-order valence-corrected chi connectivity index (χ1v) is 9.59. The minimum atomic E-state index is -0.794. The Hall–Kier alpha value is -3.26. The fourth-order valence-electron chi connectivity index (χ4n) is 3.51. The van der Waals surface area contributed by atoms with E-state index in [-0.39, 0.29) is 25.1 Å². The molecule has 3 aromatic rings. The molecule has 3 heterocycles. The molecular weight excluding hydrogens is 370 g/mol. The van der Waals surface area contributed by atoms with Crippen molar-refractivity contribution in [3.8, 4) is 11.3 Å². The molecular formula is C21H23N5O3. The number of ether oxygens (including phenoxy) is 1. The number of carbonyl (C=O) groups is 2. The third-order valence-corrected chi connectivity index (χ3v) is 5.03. The van der Waals surface area contributed by atoms with E-state index in [1.165, 1.54) is 0 Å². The maximum absolute atomic E-state index is 13.4. The van der Waals surface area contributed by atoms with Crippen LogP contribution >= 0.6 is 0 Å². The molecule has 1 aliphatic rings. The molecule has 2 aromatic heterocycles. The summed E-state index contributed by atoms with van der Waals surface area (Å²) < 4.78 is 7.18. The van der Waals surface area contributed by atoms with Crippen molar-refractivity contribution < 1.29 is 14.3 Å². The van der Waals surface area contributed by atoms with Crippen LogP contribution in [0.4, 0.5) is 0 Å². The predicted octanol–water partition coefficient (Wildman–Crippen LogP) is 2.01. The van der Waals surface area contributed by atoms with E-state index in [1.54, 1.807) is 17.2 Å². The summed E-state index contributed by atoms with van der Waals surface area (Å²) in [4.78, 5) is 31.3. The van der Waals surface area contributed by atoms with Crippen molar-refractivity contribution >= 4 is 22.8 Å². The molecule has 0 bridgehead atoms. The number of primary amides is 1. The van der Waals surface area contributed by atoms with Crippen molar-refractivity contribution in [3.05, 3.63) is 48.2 Å². The number of nitrogens with zero attached hydrogens (tertiary/aromatic N) is 4. The summed E-state index contributed by atoms with van der Waals surface area (Å²) in [6.07, 6.45) is 0.883. The topological polar surface area (TPSA) is 103 Å². The van der Waals surface area contributed by atoms with Crippen LogP contribution in [0.1, 0.15) is 30.2 Å². The van der Waals surface area contributed by atoms with Gasteiger partial charge in [-0.15, -0.1) is 0 Å². The number of nitrogens with two attached hydrogens (primary N) is 1. The van der Waals surface area contributed by atoms with Crippen LogP contribution in [0.25, 0.3) is 22.3 Å². The lowest BCUT2D eigenvalue weighted by Crippen LogP contribution is -2.50. The van der Waals surface area contributed by atoms with Gasteiger partial charge in [-0.25, -0.2) is 9.67 Å². The highest BCUT2D eigenvalue weighted by Gasteiger charge is 2.30. The molecule has 0 spiro atoms. The number of rotatable bonds is 4. The zero-order valence-corrected chi connectivity index (χ0v) is 16.4. The zero-order chi connectivity index (χ0) is 20.5. The SMILES string of the molecule is CC(C)n1ncc2c(C(=O)N3CCO[C@H](C(N)=O)C3)cc(-c3ccccc3)nc21. The van der Waals surface area contributed by atoms with Gasteiger partial charge < -0.3 is 15.4 Å². The van der Waals surface area contributed by atoms with Gasteiger partial charge in [0, 0.05) is 18.2 Å². The fourth-order valence-corrected chi connectivity index (χ4v) is 3.51. The number of hydrogen-bond donors (Lipinski definition) is 1. The van der Waals surface area contributed by atoms with Crippen LogP contribution < -0.4 is 5.73 Å². The number of amides is 2. The first-order chi connectivity index (χ1) is 14.0. The number of hydrogen-bond acceptors (Lipinski definition) is 5. The smallest absolute Gasteiger partial charge is 0.254 e. The second-order valence-corrected chi connectivity index (χ2v) is 7.35. The highest BCUT2D eigenvalue weighted by Crippen LogP contribution is 2.27. The van der Waals surface area contributed by atoms with Gasteiger partial charge in [-0.1, -0.05) is 30.3 Å². The van der Waals surface area contributed by atoms with Gasteiger partial charge in [-0.05, 0) is 19.9 Å². The van der Waals surface area contributed by atoms with Crippen molar-refractivity contribution in [2.45, 2.75) is 26.0 Å². The van der Waals surface area contributed by atoms with Crippen molar-refractivity contribution in [1.29, 1.82) is 0 Å². The standard InChI is InChI=1S/C21H23N5O3/c1-13(2)26-20-16(11-23-26)15(10-17(24-20)14-6-4-3-5-7-14)21(28)25-8-9-29-18(12-25)19(22)27/h3-7,10-11,13,18H,8-9,12H2,1-2H3,(H2,22,27)/t18-/m0/s1. The van der Waals surface area contributed by atoms with Crippen molar-refractivity contribution in [1.82, 2.24) is 19.7 Å². The molecule has 1 saturated heterocycles. The van der Waals surface area contributed by atoms with E-state index in [2.05, 4.69) is 5.10 Å². The normalized spacial score (nSPS) is 17.1. The van der Waals surface area contributed by atoms with Crippen LogP contribution in [0.5, 0.6) is 0 Å². The van der Waals surface area contributed by atoms with Crippen molar-refractivity contribution in [2.24, 2.45) is 5.73 Å². The third kappa shape index (κ3) is 3.58. The molecule has 8 heteroatoms. The van der Waals surface area contributed by atoms with E-state index >= 15 is 0 Å². The summed E-state index contributed by atoms with van der Waals surface area (Å²) in [5, 5.41) is 5.13. The number of carbonyl (C=O) groups excluding carboxylic acids is 2. The highest BCUT2D eigenvalue weighted by molar-refractivity contribution is 6.06. The highest BCUT2D eigenvalue weighted by atomic mass is 16.5. The van der Waals surface area contributed by atoms with E-state index in [9.17, 15) is 9.59 Å². The summed E-state index contributed by atoms with van der Waals surface area (Å²) in [5.41, 5.74) is 8.14. The van der Waals surface area contributed by atoms with Crippen LogP contribution in [0.3, 0.4) is 0 Å². The van der Waals surface area contributed by atoms with Gasteiger partial charge in [0.2, 0.25) is 5.91 Å². The van der Waals surface area contributed by atoms with Gasteiger partial charge in [0.15, 0.2) is 11.8 Å². The molecule has 1 aliphatic heterocycles. The lowest BCUT2D eigenvalue weighted by atomic mass is 10.1. The van der Waals surface area contributed by atoms with E-state index in [1.807, 2.05) is 48.9 Å². The summed E-state index contributed by atoms with van der Waals surface area (Å²) >= 11 is 0. The van der Waals surface area contributed by atoms with Gasteiger partial charge in [0.25, 0.3) is 5.91 Å². The molecule has 0 radical (unpaired) electrons. The van der Waals surface area contributed by atoms with Gasteiger partial charge in [0.05, 0.1) is 36.0 Å². The average molecular weight is 393 g/mol. The van der Waals surface area contributed by atoms with Crippen LogP contribution in [0, 0.1) is 0 Å². The number of benzene rings is 1. The molecule has 4 rings (SSSR count). The lowest BCUT2D eigenvalue weighted by Gasteiger charge is -2.31. The number of aromatic nitrogens is 3. The summed E-state index contributed by atoms with van der Waals surface area (Å²) in [6.45, 7) is 4.83. The molecule has 150 valence electrons. The van der Waals surface area contributed by atoms with Crippen LogP contribution in [0.2, 0.25) is 0 Å². The Kier molecular flexibility index (Phi) is 5.02. The molecule has 1 fully saturated rings. The second-order valence-electron chi connectivity index (χ2n) is 7.35. The minimum Gasteiger partial charge on any atom is -0.367 e. The lowest BCUT2D eigenvalue weighted by molar-refractivity contribution is -0.133. The molecule has 2 N–H and O–H groups in total. The fraction of sp³-hybridized carbons (Fsp3) is 0.333. The second kappa shape index (κ2) is 7.63. The molecule has 29 heavy (non-hydrogen) atoms. The average Bonchev–Trinajstić information content (AvgIpc) is 3.17. The molecule has 8 nitrogen and oxygen atoms in total. The Morgan fingerprint density at radius 3 is 2.69 bits per heavy atom.